The standard InChI is InChI=1S/C12H11F2N3O2/c1-19-12(18)10(15)11-16-5-9(17-11)6-2-3-7(13)8(14)4-6/h2-5,10H,15H2,1H3,(H,16,17). The van der Waals surface area contributed by atoms with Crippen molar-refractivity contribution in [3.63, 3.8) is 0 Å². The van der Waals surface area contributed by atoms with E-state index in [1.165, 1.54) is 19.4 Å². The van der Waals surface area contributed by atoms with Crippen LogP contribution in [0.4, 0.5) is 8.78 Å². The second-order valence-electron chi connectivity index (χ2n) is 3.81. The van der Waals surface area contributed by atoms with Crippen LogP contribution in [0.5, 0.6) is 0 Å². The number of aromatic amines is 1. The molecule has 1 aromatic carbocycles. The zero-order chi connectivity index (χ0) is 14.0. The Morgan fingerprint density at radius 2 is 2.16 bits per heavy atom. The molecule has 0 radical (unpaired) electrons. The highest BCUT2D eigenvalue weighted by Crippen LogP contribution is 2.21. The number of nitrogens with one attached hydrogen (secondary N) is 1. The number of aromatic nitrogens is 2. The fourth-order valence-corrected chi connectivity index (χ4v) is 1.54. The molecule has 1 atom stereocenters. The van der Waals surface area contributed by atoms with Gasteiger partial charge in [-0.1, -0.05) is 0 Å². The Balaban J connectivity index is 2.30. The quantitative estimate of drug-likeness (QED) is 0.826. The number of imidazole rings is 1. The van der Waals surface area contributed by atoms with Crippen molar-refractivity contribution in [2.45, 2.75) is 6.04 Å². The van der Waals surface area contributed by atoms with Crippen molar-refractivity contribution in [1.29, 1.82) is 0 Å². The predicted octanol–water partition coefficient (Wildman–Crippen LogP) is 1.53. The fourth-order valence-electron chi connectivity index (χ4n) is 1.54. The molecule has 0 saturated carbocycles. The third kappa shape index (κ3) is 2.60. The summed E-state index contributed by atoms with van der Waals surface area (Å²) in [5.41, 5.74) is 6.41. The van der Waals surface area contributed by atoms with Crippen LogP contribution < -0.4 is 5.73 Å². The molecule has 1 aromatic heterocycles. The average Bonchev–Trinajstić information content (AvgIpc) is 2.89. The summed E-state index contributed by atoms with van der Waals surface area (Å²) in [7, 11) is 1.21. The first-order chi connectivity index (χ1) is 9.02. The molecular weight excluding hydrogens is 256 g/mol. The van der Waals surface area contributed by atoms with Crippen molar-refractivity contribution in [1.82, 2.24) is 9.97 Å². The number of ether oxygens (including phenoxy) is 1. The number of benzene rings is 1. The molecule has 0 amide bonds. The molecule has 2 rings (SSSR count). The molecule has 0 spiro atoms. The van der Waals surface area contributed by atoms with Gasteiger partial charge in [0, 0.05) is 5.56 Å². The summed E-state index contributed by atoms with van der Waals surface area (Å²) >= 11 is 0. The number of rotatable bonds is 3. The highest BCUT2D eigenvalue weighted by molar-refractivity contribution is 5.76. The predicted molar refractivity (Wildman–Crippen MR) is 62.9 cm³/mol. The van der Waals surface area contributed by atoms with Crippen molar-refractivity contribution in [3.8, 4) is 11.3 Å². The summed E-state index contributed by atoms with van der Waals surface area (Å²) in [6, 6.07) is 2.37. The van der Waals surface area contributed by atoms with Crippen LogP contribution in [0.3, 0.4) is 0 Å². The van der Waals surface area contributed by atoms with Crippen molar-refractivity contribution in [2.24, 2.45) is 5.73 Å². The molecule has 1 heterocycles. The Bertz CT molecular complexity index is 613. The van der Waals surface area contributed by atoms with Crippen LogP contribution in [0.2, 0.25) is 0 Å². The third-order valence-corrected chi connectivity index (χ3v) is 2.58. The van der Waals surface area contributed by atoms with Gasteiger partial charge in [0.15, 0.2) is 17.7 Å². The number of hydrogen-bond acceptors (Lipinski definition) is 4. The maximum atomic E-state index is 13.1. The van der Waals surface area contributed by atoms with Crippen molar-refractivity contribution < 1.29 is 18.3 Å². The summed E-state index contributed by atoms with van der Waals surface area (Å²) in [5, 5.41) is 0. The summed E-state index contributed by atoms with van der Waals surface area (Å²) in [4.78, 5) is 17.9. The number of carbonyl (C=O) groups excluding carboxylic acids is 1. The van der Waals surface area contributed by atoms with Gasteiger partial charge in [0.2, 0.25) is 0 Å². The maximum absolute atomic E-state index is 13.1. The average molecular weight is 267 g/mol. The Labute approximate surface area is 107 Å². The molecule has 0 aliphatic heterocycles. The lowest BCUT2D eigenvalue weighted by atomic mass is 10.1. The van der Waals surface area contributed by atoms with Crippen molar-refractivity contribution in [3.05, 3.63) is 41.9 Å². The van der Waals surface area contributed by atoms with Crippen LogP contribution in [0.25, 0.3) is 11.3 Å². The van der Waals surface area contributed by atoms with Crippen LogP contribution in [-0.4, -0.2) is 23.0 Å². The van der Waals surface area contributed by atoms with Gasteiger partial charge in [-0.25, -0.2) is 18.6 Å². The summed E-state index contributed by atoms with van der Waals surface area (Å²) in [6.07, 6.45) is 1.38. The highest BCUT2D eigenvalue weighted by atomic mass is 19.2. The zero-order valence-corrected chi connectivity index (χ0v) is 9.98. The van der Waals surface area contributed by atoms with Crippen LogP contribution in [0.1, 0.15) is 11.9 Å². The number of esters is 1. The molecule has 7 heteroatoms. The van der Waals surface area contributed by atoms with Crippen molar-refractivity contribution in [2.75, 3.05) is 7.11 Å². The topological polar surface area (TPSA) is 81.0 Å². The van der Waals surface area contributed by atoms with Gasteiger partial charge in [0.25, 0.3) is 0 Å². The van der Waals surface area contributed by atoms with E-state index in [9.17, 15) is 13.6 Å². The number of nitrogens with two attached hydrogens (primary N) is 1. The molecule has 100 valence electrons. The highest BCUT2D eigenvalue weighted by Gasteiger charge is 2.20. The number of hydrogen-bond donors (Lipinski definition) is 2. The molecule has 0 aliphatic carbocycles. The first kappa shape index (κ1) is 13.2. The molecule has 0 aliphatic rings. The first-order valence-electron chi connectivity index (χ1n) is 5.36. The summed E-state index contributed by atoms with van der Waals surface area (Å²) in [5.74, 6) is -2.36. The molecule has 0 bridgehead atoms. The van der Waals surface area contributed by atoms with Gasteiger partial charge in [-0.05, 0) is 18.2 Å². The molecule has 19 heavy (non-hydrogen) atoms. The van der Waals surface area contributed by atoms with Crippen LogP contribution in [0, 0.1) is 11.6 Å². The van der Waals surface area contributed by atoms with E-state index in [-0.39, 0.29) is 5.82 Å². The lowest BCUT2D eigenvalue weighted by Gasteiger charge is -2.05. The van der Waals surface area contributed by atoms with E-state index in [0.29, 0.717) is 11.3 Å². The van der Waals surface area contributed by atoms with E-state index in [1.807, 2.05) is 0 Å². The van der Waals surface area contributed by atoms with Gasteiger partial charge < -0.3 is 15.5 Å². The van der Waals surface area contributed by atoms with E-state index in [0.717, 1.165) is 12.1 Å². The van der Waals surface area contributed by atoms with Crippen molar-refractivity contribution >= 4 is 5.97 Å². The number of nitrogens with zero attached hydrogens (tertiary/aromatic N) is 1. The van der Waals surface area contributed by atoms with E-state index in [4.69, 9.17) is 5.73 Å². The second kappa shape index (κ2) is 5.15. The Morgan fingerprint density at radius 3 is 2.79 bits per heavy atom. The minimum Gasteiger partial charge on any atom is -0.468 e. The Hall–Kier alpha value is -2.28. The number of carbonyl (C=O) groups is 1. The van der Waals surface area contributed by atoms with Gasteiger partial charge in [-0.2, -0.15) is 0 Å². The molecule has 5 nitrogen and oxygen atoms in total. The number of H-pyrrole nitrogens is 1. The summed E-state index contributed by atoms with van der Waals surface area (Å²) < 4.78 is 30.4. The molecule has 3 N–H and O–H groups in total. The monoisotopic (exact) mass is 267 g/mol. The number of methoxy groups -OCH3 is 1. The Morgan fingerprint density at radius 1 is 1.42 bits per heavy atom. The van der Waals surface area contributed by atoms with Gasteiger partial charge in [-0.15, -0.1) is 0 Å². The van der Waals surface area contributed by atoms with Crippen LogP contribution in [-0.2, 0) is 9.53 Å². The minimum atomic E-state index is -1.05. The number of halogens is 2. The zero-order valence-electron chi connectivity index (χ0n) is 9.98. The lowest BCUT2D eigenvalue weighted by molar-refractivity contribution is -0.142. The molecular formula is C12H11F2N3O2. The largest absolute Gasteiger partial charge is 0.468 e. The fraction of sp³-hybridized carbons (Fsp3) is 0.167. The van der Waals surface area contributed by atoms with Gasteiger partial charge in [0.05, 0.1) is 19.0 Å². The molecule has 2 aromatic rings. The molecule has 0 fully saturated rings. The minimum absolute atomic E-state index is 0.187. The molecule has 0 saturated heterocycles. The van der Waals surface area contributed by atoms with E-state index in [1.54, 1.807) is 0 Å². The van der Waals surface area contributed by atoms with Crippen LogP contribution in [0.15, 0.2) is 24.4 Å². The van der Waals surface area contributed by atoms with Gasteiger partial charge in [-0.3, -0.25) is 0 Å². The second-order valence-corrected chi connectivity index (χ2v) is 3.81. The maximum Gasteiger partial charge on any atom is 0.330 e. The summed E-state index contributed by atoms with van der Waals surface area (Å²) in [6.45, 7) is 0. The van der Waals surface area contributed by atoms with E-state index in [2.05, 4.69) is 14.7 Å². The van der Waals surface area contributed by atoms with Gasteiger partial charge >= 0.3 is 5.97 Å². The van der Waals surface area contributed by atoms with E-state index >= 15 is 0 Å². The lowest BCUT2D eigenvalue weighted by Crippen LogP contribution is -2.23. The normalized spacial score (nSPS) is 12.2. The van der Waals surface area contributed by atoms with Crippen LogP contribution >= 0.6 is 0 Å². The first-order valence-corrected chi connectivity index (χ1v) is 5.36. The Kier molecular flexibility index (Phi) is 3.57. The van der Waals surface area contributed by atoms with E-state index < -0.39 is 23.6 Å². The third-order valence-electron chi connectivity index (χ3n) is 2.58. The van der Waals surface area contributed by atoms with Gasteiger partial charge in [0.1, 0.15) is 5.82 Å². The SMILES string of the molecule is COC(=O)C(N)c1ncc(-c2ccc(F)c(F)c2)[nH]1. The smallest absolute Gasteiger partial charge is 0.330 e. The molecule has 1 unspecified atom stereocenters.